The number of aliphatic carboxylic acids is 1. The molecule has 1 atom stereocenters. The first kappa shape index (κ1) is 21.9. The van der Waals surface area contributed by atoms with Crippen LogP contribution in [0.5, 0.6) is 5.75 Å². The zero-order valence-electron chi connectivity index (χ0n) is 16.8. The molecule has 7 heteroatoms. The van der Waals surface area contributed by atoms with Gasteiger partial charge in [-0.3, -0.25) is 4.79 Å². The first-order valence-corrected chi connectivity index (χ1v) is 9.71. The standard InChI is InChI=1S/C24H23NO6/c26-21-13-11-18(12-14-21)15-22(23(27)28)25(16-19-7-3-1-4-8-19)31-24(29)30-17-20-9-5-2-6-10-20/h1-14,22,26H,15-17H2,(H,27,28)/t22-/m1/s1. The lowest BCUT2D eigenvalue weighted by molar-refractivity contribution is -0.183. The van der Waals surface area contributed by atoms with Gasteiger partial charge in [0.05, 0.1) is 6.54 Å². The number of hydrogen-bond acceptors (Lipinski definition) is 6. The molecule has 0 aliphatic rings. The van der Waals surface area contributed by atoms with Crippen LogP contribution in [0.25, 0.3) is 0 Å². The van der Waals surface area contributed by atoms with Crippen LogP contribution in [0, 0.1) is 0 Å². The summed E-state index contributed by atoms with van der Waals surface area (Å²) in [5.41, 5.74) is 2.23. The number of ether oxygens (including phenoxy) is 1. The van der Waals surface area contributed by atoms with Crippen molar-refractivity contribution in [1.29, 1.82) is 0 Å². The molecule has 0 aliphatic heterocycles. The van der Waals surface area contributed by atoms with Crippen molar-refractivity contribution in [3.05, 3.63) is 102 Å². The van der Waals surface area contributed by atoms with Gasteiger partial charge in [-0.15, -0.1) is 5.06 Å². The Morgan fingerprint density at radius 3 is 1.97 bits per heavy atom. The Labute approximate surface area is 180 Å². The highest BCUT2D eigenvalue weighted by atomic mass is 16.8. The monoisotopic (exact) mass is 421 g/mol. The van der Waals surface area contributed by atoms with Gasteiger partial charge in [0, 0.05) is 6.42 Å². The lowest BCUT2D eigenvalue weighted by Crippen LogP contribution is -2.43. The summed E-state index contributed by atoms with van der Waals surface area (Å²) < 4.78 is 5.16. The molecule has 31 heavy (non-hydrogen) atoms. The van der Waals surface area contributed by atoms with Crippen molar-refractivity contribution in [2.24, 2.45) is 0 Å². The van der Waals surface area contributed by atoms with Crippen molar-refractivity contribution < 1.29 is 29.4 Å². The van der Waals surface area contributed by atoms with Crippen LogP contribution in [-0.4, -0.2) is 33.4 Å². The van der Waals surface area contributed by atoms with E-state index in [0.29, 0.717) is 5.56 Å². The molecule has 0 fully saturated rings. The maximum atomic E-state index is 12.3. The van der Waals surface area contributed by atoms with Crippen molar-refractivity contribution in [2.45, 2.75) is 25.6 Å². The lowest BCUT2D eigenvalue weighted by Gasteiger charge is -2.27. The average Bonchev–Trinajstić information content (AvgIpc) is 2.78. The molecule has 0 amide bonds. The molecule has 3 aromatic rings. The number of carboxylic acid groups (broad SMARTS) is 1. The fourth-order valence-electron chi connectivity index (χ4n) is 2.98. The lowest BCUT2D eigenvalue weighted by atomic mass is 10.0. The summed E-state index contributed by atoms with van der Waals surface area (Å²) in [6, 6.07) is 23.2. The molecular weight excluding hydrogens is 398 g/mol. The number of aromatic hydroxyl groups is 1. The smallest absolute Gasteiger partial charge is 0.508 e. The number of phenolic OH excluding ortho intramolecular Hbond substituents is 1. The highest BCUT2D eigenvalue weighted by Gasteiger charge is 2.30. The quantitative estimate of drug-likeness (QED) is 0.396. The number of hydroxylamine groups is 2. The topological polar surface area (TPSA) is 96.3 Å². The normalized spacial score (nSPS) is 11.6. The molecule has 0 saturated heterocycles. The Hall–Kier alpha value is -3.84. The Bertz CT molecular complexity index is 976. The summed E-state index contributed by atoms with van der Waals surface area (Å²) in [5.74, 6) is -1.07. The molecule has 0 spiro atoms. The second kappa shape index (κ2) is 10.8. The van der Waals surface area contributed by atoms with Gasteiger partial charge in [0.1, 0.15) is 18.4 Å². The SMILES string of the molecule is O=C(OCc1ccccc1)ON(Cc1ccccc1)[C@H](Cc1ccc(O)cc1)C(=O)O. The maximum Gasteiger partial charge on any atom is 0.528 e. The van der Waals surface area contributed by atoms with Crippen LogP contribution >= 0.6 is 0 Å². The van der Waals surface area contributed by atoms with Crippen LogP contribution in [-0.2, 0) is 33.9 Å². The first-order chi connectivity index (χ1) is 15.0. The third kappa shape index (κ3) is 6.87. The summed E-state index contributed by atoms with van der Waals surface area (Å²) in [4.78, 5) is 29.7. The summed E-state index contributed by atoms with van der Waals surface area (Å²) in [5, 5.41) is 20.4. The number of phenols is 1. The van der Waals surface area contributed by atoms with Crippen LogP contribution < -0.4 is 0 Å². The minimum Gasteiger partial charge on any atom is -0.508 e. The van der Waals surface area contributed by atoms with E-state index in [4.69, 9.17) is 9.57 Å². The molecule has 3 rings (SSSR count). The first-order valence-electron chi connectivity index (χ1n) is 9.71. The zero-order chi connectivity index (χ0) is 22.1. The number of carbonyl (C=O) groups excluding carboxylic acids is 1. The van der Waals surface area contributed by atoms with E-state index in [-0.39, 0.29) is 25.3 Å². The van der Waals surface area contributed by atoms with Crippen LogP contribution in [0.1, 0.15) is 16.7 Å². The van der Waals surface area contributed by atoms with E-state index in [1.807, 2.05) is 48.5 Å². The van der Waals surface area contributed by atoms with E-state index >= 15 is 0 Å². The molecule has 0 aliphatic carbocycles. The molecular formula is C24H23NO6. The molecule has 0 bridgehead atoms. The minimum absolute atomic E-state index is 0.00848. The highest BCUT2D eigenvalue weighted by molar-refractivity contribution is 5.74. The van der Waals surface area contributed by atoms with Crippen LogP contribution in [0.4, 0.5) is 4.79 Å². The summed E-state index contributed by atoms with van der Waals surface area (Å²) in [7, 11) is 0. The van der Waals surface area contributed by atoms with Crippen molar-refractivity contribution >= 4 is 12.1 Å². The van der Waals surface area contributed by atoms with E-state index in [2.05, 4.69) is 0 Å². The van der Waals surface area contributed by atoms with Crippen LogP contribution in [0.3, 0.4) is 0 Å². The summed E-state index contributed by atoms with van der Waals surface area (Å²) >= 11 is 0. The van der Waals surface area contributed by atoms with E-state index in [1.54, 1.807) is 24.3 Å². The van der Waals surface area contributed by atoms with Gasteiger partial charge in [0.2, 0.25) is 0 Å². The molecule has 3 aromatic carbocycles. The fourth-order valence-corrected chi connectivity index (χ4v) is 2.98. The number of nitrogens with zero attached hydrogens (tertiary/aromatic N) is 1. The molecule has 0 heterocycles. The van der Waals surface area contributed by atoms with Crippen molar-refractivity contribution in [1.82, 2.24) is 5.06 Å². The van der Waals surface area contributed by atoms with Gasteiger partial charge < -0.3 is 19.8 Å². The molecule has 0 saturated carbocycles. The van der Waals surface area contributed by atoms with E-state index < -0.39 is 18.2 Å². The number of hydrogen-bond donors (Lipinski definition) is 2. The number of carboxylic acids is 1. The second-order valence-electron chi connectivity index (χ2n) is 6.90. The van der Waals surface area contributed by atoms with Gasteiger partial charge >= 0.3 is 12.1 Å². The van der Waals surface area contributed by atoms with Gasteiger partial charge in [0.15, 0.2) is 0 Å². The number of benzene rings is 3. The predicted octanol–water partition coefficient (Wildman–Crippen LogP) is 4.16. The summed E-state index contributed by atoms with van der Waals surface area (Å²) in [6.45, 7) is 0.0743. The summed E-state index contributed by atoms with van der Waals surface area (Å²) in [6.07, 6.45) is -0.925. The van der Waals surface area contributed by atoms with Crippen LogP contribution in [0.2, 0.25) is 0 Å². The minimum atomic E-state index is -1.16. The van der Waals surface area contributed by atoms with Crippen LogP contribution in [0.15, 0.2) is 84.9 Å². The highest BCUT2D eigenvalue weighted by Crippen LogP contribution is 2.17. The zero-order valence-corrected chi connectivity index (χ0v) is 16.8. The molecule has 0 radical (unpaired) electrons. The van der Waals surface area contributed by atoms with Crippen molar-refractivity contribution in [2.75, 3.05) is 0 Å². The fraction of sp³-hybridized carbons (Fsp3) is 0.167. The molecule has 0 unspecified atom stereocenters. The molecule has 160 valence electrons. The van der Waals surface area contributed by atoms with Crippen molar-refractivity contribution in [3.8, 4) is 5.75 Å². The van der Waals surface area contributed by atoms with E-state index in [9.17, 15) is 19.8 Å². The molecule has 7 nitrogen and oxygen atoms in total. The Morgan fingerprint density at radius 1 is 0.806 bits per heavy atom. The van der Waals surface area contributed by atoms with E-state index in [0.717, 1.165) is 16.2 Å². The maximum absolute atomic E-state index is 12.3. The van der Waals surface area contributed by atoms with Gasteiger partial charge in [-0.05, 0) is 28.8 Å². The third-order valence-electron chi connectivity index (χ3n) is 4.57. The Balaban J connectivity index is 1.75. The average molecular weight is 421 g/mol. The van der Waals surface area contributed by atoms with Gasteiger partial charge in [-0.2, -0.15) is 0 Å². The van der Waals surface area contributed by atoms with Gasteiger partial charge in [0.25, 0.3) is 0 Å². The van der Waals surface area contributed by atoms with Gasteiger partial charge in [-0.25, -0.2) is 4.79 Å². The van der Waals surface area contributed by atoms with E-state index in [1.165, 1.54) is 12.1 Å². The molecule has 0 aromatic heterocycles. The Morgan fingerprint density at radius 2 is 1.39 bits per heavy atom. The molecule has 2 N–H and O–H groups in total. The largest absolute Gasteiger partial charge is 0.528 e. The van der Waals surface area contributed by atoms with Gasteiger partial charge in [-0.1, -0.05) is 72.8 Å². The number of carbonyl (C=O) groups is 2. The van der Waals surface area contributed by atoms with Crippen molar-refractivity contribution in [3.63, 3.8) is 0 Å². The Kier molecular flexibility index (Phi) is 7.61. The second-order valence-corrected chi connectivity index (χ2v) is 6.90. The third-order valence-corrected chi connectivity index (χ3v) is 4.57. The predicted molar refractivity (Wildman–Crippen MR) is 113 cm³/mol. The number of rotatable bonds is 9.